The van der Waals surface area contributed by atoms with Gasteiger partial charge in [-0.1, -0.05) is 30.3 Å². The van der Waals surface area contributed by atoms with Gasteiger partial charge in [-0.15, -0.1) is 11.8 Å². The summed E-state index contributed by atoms with van der Waals surface area (Å²) in [6.07, 6.45) is 0. The molecule has 8 heteroatoms. The lowest BCUT2D eigenvalue weighted by atomic mass is 10.2. The van der Waals surface area contributed by atoms with E-state index in [2.05, 4.69) is 22.1 Å². The van der Waals surface area contributed by atoms with Gasteiger partial charge in [0, 0.05) is 18.8 Å². The van der Waals surface area contributed by atoms with Gasteiger partial charge in [0.05, 0.1) is 20.3 Å². The molecular formula is C17H22N4O2S2. The van der Waals surface area contributed by atoms with E-state index in [9.17, 15) is 4.79 Å². The predicted octanol–water partition coefficient (Wildman–Crippen LogP) is 2.32. The third kappa shape index (κ3) is 4.31. The summed E-state index contributed by atoms with van der Waals surface area (Å²) < 4.78 is 9.46. The fourth-order valence-corrected chi connectivity index (χ4v) is 4.38. The maximum absolute atomic E-state index is 11.8. The van der Waals surface area contributed by atoms with E-state index in [0.717, 1.165) is 18.1 Å². The fraction of sp³-hybridized carbons (Fsp3) is 0.471. The van der Waals surface area contributed by atoms with Gasteiger partial charge in [0.1, 0.15) is 11.1 Å². The van der Waals surface area contributed by atoms with Gasteiger partial charge in [0.25, 0.3) is 0 Å². The number of methoxy groups -OCH3 is 1. The van der Waals surface area contributed by atoms with Crippen molar-refractivity contribution >= 4 is 29.9 Å². The molecule has 1 aliphatic heterocycles. The molecule has 1 aromatic heterocycles. The lowest BCUT2D eigenvalue weighted by Crippen LogP contribution is -2.42. The van der Waals surface area contributed by atoms with Gasteiger partial charge in [0.15, 0.2) is 4.77 Å². The maximum Gasteiger partial charge on any atom is 0.320 e. The van der Waals surface area contributed by atoms with E-state index in [0.29, 0.717) is 24.5 Å². The Kier molecular flexibility index (Phi) is 5.93. The number of rotatable bonds is 5. The molecule has 6 nitrogen and oxygen atoms in total. The molecule has 2 heterocycles. The Morgan fingerprint density at radius 3 is 2.88 bits per heavy atom. The second-order valence-corrected chi connectivity index (χ2v) is 7.68. The van der Waals surface area contributed by atoms with Crippen molar-refractivity contribution in [2.75, 3.05) is 26.0 Å². The molecule has 0 bridgehead atoms. The van der Waals surface area contributed by atoms with Crippen molar-refractivity contribution in [1.82, 2.24) is 19.2 Å². The number of hydrogen-bond acceptors (Lipinski definition) is 6. The van der Waals surface area contributed by atoms with Crippen LogP contribution in [-0.2, 0) is 22.7 Å². The Bertz CT molecular complexity index is 788. The van der Waals surface area contributed by atoms with Gasteiger partial charge in [-0.2, -0.15) is 5.10 Å². The van der Waals surface area contributed by atoms with Crippen LogP contribution in [0.4, 0.5) is 0 Å². The number of ether oxygens (including phenoxy) is 1. The molecule has 2 aromatic rings. The Morgan fingerprint density at radius 2 is 2.16 bits per heavy atom. The molecule has 0 aliphatic carbocycles. The summed E-state index contributed by atoms with van der Waals surface area (Å²) in [7, 11) is 1.44. The number of nitrogens with zero attached hydrogens (tertiary/aromatic N) is 4. The van der Waals surface area contributed by atoms with Gasteiger partial charge < -0.3 is 4.74 Å². The zero-order chi connectivity index (χ0) is 17.8. The topological polar surface area (TPSA) is 52.3 Å². The van der Waals surface area contributed by atoms with E-state index in [1.165, 1.54) is 12.7 Å². The van der Waals surface area contributed by atoms with Crippen molar-refractivity contribution in [3.8, 4) is 0 Å². The Hall–Kier alpha value is -1.64. The summed E-state index contributed by atoms with van der Waals surface area (Å²) in [5.41, 5.74) is 1.20. The highest BCUT2D eigenvalue weighted by Gasteiger charge is 2.27. The van der Waals surface area contributed by atoms with Gasteiger partial charge in [-0.25, -0.2) is 4.68 Å². The number of hydrogen-bond donors (Lipinski definition) is 0. The monoisotopic (exact) mass is 378 g/mol. The molecule has 0 unspecified atom stereocenters. The van der Waals surface area contributed by atoms with Crippen molar-refractivity contribution in [3.63, 3.8) is 0 Å². The lowest BCUT2D eigenvalue weighted by Gasteiger charge is -2.30. The number of aromatic nitrogens is 3. The van der Waals surface area contributed by atoms with Crippen molar-refractivity contribution in [2.45, 2.75) is 25.4 Å². The van der Waals surface area contributed by atoms with Gasteiger partial charge >= 0.3 is 5.97 Å². The molecule has 25 heavy (non-hydrogen) atoms. The van der Waals surface area contributed by atoms with Crippen molar-refractivity contribution in [3.05, 3.63) is 46.5 Å². The van der Waals surface area contributed by atoms with E-state index in [1.807, 2.05) is 34.4 Å². The highest BCUT2D eigenvalue weighted by molar-refractivity contribution is 8.00. The van der Waals surface area contributed by atoms with Crippen LogP contribution in [-0.4, -0.2) is 56.4 Å². The zero-order valence-electron chi connectivity index (χ0n) is 14.4. The summed E-state index contributed by atoms with van der Waals surface area (Å²) >= 11 is 7.27. The third-order valence-corrected chi connectivity index (χ3v) is 5.83. The smallest absolute Gasteiger partial charge is 0.320 e. The summed E-state index contributed by atoms with van der Waals surface area (Å²) in [6, 6.07) is 10.2. The van der Waals surface area contributed by atoms with Gasteiger partial charge in [-0.05, 0) is 24.7 Å². The predicted molar refractivity (Wildman–Crippen MR) is 101 cm³/mol. The van der Waals surface area contributed by atoms with E-state index in [-0.39, 0.29) is 11.2 Å². The largest absolute Gasteiger partial charge is 0.468 e. The van der Waals surface area contributed by atoms with E-state index in [4.69, 9.17) is 17.0 Å². The Labute approximate surface area is 156 Å². The third-order valence-electron chi connectivity index (χ3n) is 4.24. The van der Waals surface area contributed by atoms with Crippen molar-refractivity contribution < 1.29 is 9.53 Å². The van der Waals surface area contributed by atoms with E-state index in [1.54, 1.807) is 11.8 Å². The number of benzene rings is 1. The van der Waals surface area contributed by atoms with Crippen LogP contribution in [0.2, 0.25) is 0 Å². The van der Waals surface area contributed by atoms with Gasteiger partial charge in [-0.3, -0.25) is 14.3 Å². The average molecular weight is 379 g/mol. The Morgan fingerprint density at radius 1 is 1.40 bits per heavy atom. The molecule has 0 amide bonds. The van der Waals surface area contributed by atoms with Crippen molar-refractivity contribution in [1.29, 1.82) is 0 Å². The number of aryl methyl sites for hydroxylation is 1. The summed E-state index contributed by atoms with van der Waals surface area (Å²) in [5, 5.41) is 4.46. The molecule has 1 aromatic carbocycles. The molecule has 3 rings (SSSR count). The summed E-state index contributed by atoms with van der Waals surface area (Å²) in [6.45, 7) is 4.84. The first-order chi connectivity index (χ1) is 12.1. The van der Waals surface area contributed by atoms with Crippen molar-refractivity contribution in [2.24, 2.45) is 0 Å². The minimum absolute atomic E-state index is 0.138. The number of thioether (sulfide) groups is 1. The molecule has 0 radical (unpaired) electrons. The number of esters is 1. The van der Waals surface area contributed by atoms with E-state index < -0.39 is 0 Å². The second kappa shape index (κ2) is 8.16. The van der Waals surface area contributed by atoms with Crippen LogP contribution in [0.5, 0.6) is 0 Å². The molecule has 0 saturated carbocycles. The summed E-state index contributed by atoms with van der Waals surface area (Å²) in [5.74, 6) is 1.63. The fourth-order valence-electron chi connectivity index (χ4n) is 2.88. The number of carbonyl (C=O) groups excluding carboxylic acids is 1. The first-order valence-electron chi connectivity index (χ1n) is 8.18. The first-order valence-corrected chi connectivity index (χ1v) is 9.64. The van der Waals surface area contributed by atoms with Crippen LogP contribution in [0.25, 0.3) is 0 Å². The molecule has 1 saturated heterocycles. The normalized spacial score (nSPS) is 18.2. The zero-order valence-corrected chi connectivity index (χ0v) is 16.1. The standard InChI is InChI=1S/C17H22N4O2S2/c1-13-18-21(12-19-8-9-25-15(11-19)16(22)23-2)17(24)20(13)10-14-6-4-3-5-7-14/h3-7,15H,8-12H2,1-2H3/t15-/m1/s1. The average Bonchev–Trinajstić information content (AvgIpc) is 2.89. The molecular weight excluding hydrogens is 356 g/mol. The minimum Gasteiger partial charge on any atom is -0.468 e. The lowest BCUT2D eigenvalue weighted by molar-refractivity contribution is -0.140. The van der Waals surface area contributed by atoms with Crippen LogP contribution in [0.15, 0.2) is 30.3 Å². The minimum atomic E-state index is -0.163. The second-order valence-electron chi connectivity index (χ2n) is 6.00. The SMILES string of the molecule is COC(=O)[C@H]1CN(Cn2nc(C)n(Cc3ccccc3)c2=S)CCS1. The summed E-state index contributed by atoms with van der Waals surface area (Å²) in [4.78, 5) is 14.0. The van der Waals surface area contributed by atoms with Crippen LogP contribution in [0, 0.1) is 11.7 Å². The first kappa shape index (κ1) is 18.2. The molecule has 134 valence electrons. The maximum atomic E-state index is 11.8. The molecule has 1 atom stereocenters. The quantitative estimate of drug-likeness (QED) is 0.588. The highest BCUT2D eigenvalue weighted by atomic mass is 32.2. The molecule has 1 aliphatic rings. The van der Waals surface area contributed by atoms with Crippen LogP contribution < -0.4 is 0 Å². The molecule has 1 fully saturated rings. The van der Waals surface area contributed by atoms with Crippen LogP contribution in [0.3, 0.4) is 0 Å². The Balaban J connectivity index is 1.72. The molecule has 0 N–H and O–H groups in total. The van der Waals surface area contributed by atoms with Crippen LogP contribution in [0.1, 0.15) is 11.4 Å². The van der Waals surface area contributed by atoms with Crippen LogP contribution >= 0.6 is 24.0 Å². The number of carbonyl (C=O) groups is 1. The van der Waals surface area contributed by atoms with Gasteiger partial charge in [0.2, 0.25) is 0 Å². The molecule has 0 spiro atoms. The van der Waals surface area contributed by atoms with E-state index >= 15 is 0 Å². The highest BCUT2D eigenvalue weighted by Crippen LogP contribution is 2.20.